The number of carbonyl (C=O) groups excluding carboxylic acids is 2. The van der Waals surface area contributed by atoms with Gasteiger partial charge < -0.3 is 10.2 Å². The monoisotopic (exact) mass is 521 g/mol. The summed E-state index contributed by atoms with van der Waals surface area (Å²) in [4.78, 5) is 55.5. The van der Waals surface area contributed by atoms with Gasteiger partial charge >= 0.3 is 11.9 Å². The van der Waals surface area contributed by atoms with Gasteiger partial charge in [-0.3, -0.25) is 30.0 Å². The minimum absolute atomic E-state index is 0.0411. The van der Waals surface area contributed by atoms with Crippen LogP contribution in [0.1, 0.15) is 28.8 Å². The van der Waals surface area contributed by atoms with E-state index in [0.29, 0.717) is 5.56 Å². The van der Waals surface area contributed by atoms with Gasteiger partial charge in [0, 0.05) is 42.2 Å². The molecule has 4 N–H and O–H groups in total. The van der Waals surface area contributed by atoms with E-state index in [9.17, 15) is 29.4 Å². The van der Waals surface area contributed by atoms with Gasteiger partial charge in [-0.1, -0.05) is 60.3 Å². The Balaban J connectivity index is 2.00. The van der Waals surface area contributed by atoms with Crippen LogP contribution in [0, 0.1) is 5.92 Å². The highest BCUT2D eigenvalue weighted by Gasteiger charge is 2.46. The Hall–Kier alpha value is -4.02. The average Bonchev–Trinajstić information content (AvgIpc) is 2.91. The highest BCUT2D eigenvalue weighted by atomic mass is 32.2. The average molecular weight is 522 g/mol. The summed E-state index contributed by atoms with van der Waals surface area (Å²) in [7, 11) is 0. The van der Waals surface area contributed by atoms with Crippen molar-refractivity contribution >= 4 is 40.4 Å². The molecule has 0 bridgehead atoms. The fraction of sp³-hybridized carbons (Fsp3) is 0.222. The predicted octanol–water partition coefficient (Wildman–Crippen LogP) is 3.45. The van der Waals surface area contributed by atoms with Crippen molar-refractivity contribution in [2.45, 2.75) is 24.9 Å². The maximum absolute atomic E-state index is 14.1. The van der Waals surface area contributed by atoms with Gasteiger partial charge in [0.25, 0.3) is 0 Å². The van der Waals surface area contributed by atoms with Gasteiger partial charge in [-0.25, -0.2) is 4.79 Å². The third-order valence-electron chi connectivity index (χ3n) is 5.71. The van der Waals surface area contributed by atoms with Crippen molar-refractivity contribution < 1.29 is 29.4 Å². The van der Waals surface area contributed by atoms with Crippen LogP contribution in [0.25, 0.3) is 0 Å². The number of aromatic nitrogens is 1. The molecule has 192 valence electrons. The first-order valence-corrected chi connectivity index (χ1v) is 12.4. The molecule has 2 unspecified atom stereocenters. The third kappa shape index (κ3) is 7.25. The van der Waals surface area contributed by atoms with Crippen LogP contribution in [0.4, 0.5) is 5.69 Å². The first-order valence-electron chi connectivity index (χ1n) is 11.5. The van der Waals surface area contributed by atoms with E-state index in [2.05, 4.69) is 4.98 Å². The lowest BCUT2D eigenvalue weighted by molar-refractivity contribution is -0.146. The van der Waals surface area contributed by atoms with Crippen LogP contribution in [-0.4, -0.2) is 49.6 Å². The molecule has 0 aliphatic carbocycles. The lowest BCUT2D eigenvalue weighted by Gasteiger charge is -2.39. The molecule has 0 fully saturated rings. The van der Waals surface area contributed by atoms with Crippen LogP contribution in [0.2, 0.25) is 0 Å². The zero-order valence-corrected chi connectivity index (χ0v) is 20.7. The number of carboxylic acid groups (broad SMARTS) is 2. The van der Waals surface area contributed by atoms with E-state index in [0.717, 1.165) is 22.2 Å². The summed E-state index contributed by atoms with van der Waals surface area (Å²) in [5.41, 5.74) is 5.37. The standard InChI is InChI=1S/C27H27N3O6S/c28-27(26(35)36,14-13-23(31)32)30(22-11-5-2-6-12-22)24(33)21(16-19-8-3-1-4-9-19)18-37-25(34)20-10-7-15-29-17-20/h1-12,15,17,21H,13-14,16,18,28H2,(H,31,32)(H,35,36). The van der Waals surface area contributed by atoms with Crippen molar-refractivity contribution in [2.75, 3.05) is 10.7 Å². The highest BCUT2D eigenvalue weighted by molar-refractivity contribution is 8.14. The molecule has 3 rings (SSSR count). The Labute approximate surface area is 218 Å². The maximum Gasteiger partial charge on any atom is 0.345 e. The molecule has 0 saturated carbocycles. The summed E-state index contributed by atoms with van der Waals surface area (Å²) in [5, 5.41) is 19.0. The van der Waals surface area contributed by atoms with Crippen molar-refractivity contribution in [1.82, 2.24) is 4.98 Å². The molecular weight excluding hydrogens is 494 g/mol. The third-order valence-corrected chi connectivity index (χ3v) is 6.78. The number of pyridine rings is 1. The molecule has 1 heterocycles. The molecule has 2 atom stereocenters. The van der Waals surface area contributed by atoms with E-state index in [1.165, 1.54) is 18.3 Å². The first-order chi connectivity index (χ1) is 17.7. The van der Waals surface area contributed by atoms with E-state index in [4.69, 9.17) is 5.73 Å². The van der Waals surface area contributed by atoms with Crippen LogP contribution < -0.4 is 10.6 Å². The van der Waals surface area contributed by atoms with E-state index >= 15 is 0 Å². The summed E-state index contributed by atoms with van der Waals surface area (Å²) in [5.74, 6) is -4.21. The smallest absolute Gasteiger partial charge is 0.345 e. The fourth-order valence-electron chi connectivity index (χ4n) is 3.79. The van der Waals surface area contributed by atoms with Crippen molar-refractivity contribution in [2.24, 2.45) is 11.7 Å². The number of carbonyl (C=O) groups is 4. The van der Waals surface area contributed by atoms with Crippen molar-refractivity contribution in [1.29, 1.82) is 0 Å². The summed E-state index contributed by atoms with van der Waals surface area (Å²) in [6.45, 7) is 0. The number of hydrogen-bond donors (Lipinski definition) is 3. The van der Waals surface area contributed by atoms with E-state index in [-0.39, 0.29) is 23.0 Å². The van der Waals surface area contributed by atoms with E-state index < -0.39 is 42.3 Å². The van der Waals surface area contributed by atoms with Crippen LogP contribution in [0.3, 0.4) is 0 Å². The number of rotatable bonds is 12. The number of nitrogens with two attached hydrogens (primary N) is 1. The molecule has 0 saturated heterocycles. The highest BCUT2D eigenvalue weighted by Crippen LogP contribution is 2.30. The van der Waals surface area contributed by atoms with Gasteiger partial charge in [0.15, 0.2) is 5.66 Å². The first kappa shape index (κ1) is 27.6. The topological polar surface area (TPSA) is 151 Å². The number of aliphatic carboxylic acids is 2. The number of amides is 1. The molecule has 0 aliphatic heterocycles. The van der Waals surface area contributed by atoms with Crippen molar-refractivity contribution in [3.8, 4) is 0 Å². The number of nitrogens with zero attached hydrogens (tertiary/aromatic N) is 2. The van der Waals surface area contributed by atoms with Crippen molar-refractivity contribution in [3.05, 3.63) is 96.3 Å². The van der Waals surface area contributed by atoms with Crippen molar-refractivity contribution in [3.63, 3.8) is 0 Å². The second-order valence-corrected chi connectivity index (χ2v) is 9.35. The van der Waals surface area contributed by atoms with Gasteiger partial charge in [-0.05, 0) is 36.2 Å². The normalized spacial score (nSPS) is 13.2. The van der Waals surface area contributed by atoms with Gasteiger partial charge in [0.05, 0.1) is 5.92 Å². The fourth-order valence-corrected chi connectivity index (χ4v) is 4.69. The number of para-hydroxylation sites is 1. The SMILES string of the molecule is NC(CCC(=O)O)(C(=O)O)N(C(=O)C(CSC(=O)c1cccnc1)Cc1ccccc1)c1ccccc1. The van der Waals surface area contributed by atoms with E-state index in [1.54, 1.807) is 36.5 Å². The minimum Gasteiger partial charge on any atom is -0.481 e. The Bertz CT molecular complexity index is 1230. The number of hydrogen-bond acceptors (Lipinski definition) is 7. The van der Waals surface area contributed by atoms with Crippen LogP contribution >= 0.6 is 11.8 Å². The zero-order chi connectivity index (χ0) is 26.8. The maximum atomic E-state index is 14.1. The summed E-state index contributed by atoms with van der Waals surface area (Å²) in [6, 6.07) is 20.4. The number of thioether (sulfide) groups is 1. The molecular formula is C27H27N3O6S. The second kappa shape index (κ2) is 12.8. The van der Waals surface area contributed by atoms with Crippen LogP contribution in [0.15, 0.2) is 85.2 Å². The number of benzene rings is 2. The van der Waals surface area contributed by atoms with Gasteiger partial charge in [-0.2, -0.15) is 0 Å². The van der Waals surface area contributed by atoms with Crippen LogP contribution in [0.5, 0.6) is 0 Å². The largest absolute Gasteiger partial charge is 0.481 e. The lowest BCUT2D eigenvalue weighted by atomic mass is 9.95. The molecule has 1 amide bonds. The molecule has 3 aromatic rings. The zero-order valence-electron chi connectivity index (χ0n) is 19.9. The molecule has 10 heteroatoms. The Morgan fingerprint density at radius 2 is 1.59 bits per heavy atom. The molecule has 37 heavy (non-hydrogen) atoms. The molecule has 2 aromatic carbocycles. The summed E-state index contributed by atoms with van der Waals surface area (Å²) < 4.78 is 0. The van der Waals surface area contributed by atoms with Gasteiger partial charge in [-0.15, -0.1) is 0 Å². The molecule has 9 nitrogen and oxygen atoms in total. The summed E-state index contributed by atoms with van der Waals surface area (Å²) >= 11 is 0.926. The molecule has 0 spiro atoms. The lowest BCUT2D eigenvalue weighted by Crippen LogP contribution is -2.65. The Kier molecular flexibility index (Phi) is 9.53. The second-order valence-electron chi connectivity index (χ2n) is 8.36. The van der Waals surface area contributed by atoms with Gasteiger partial charge in [0.2, 0.25) is 11.0 Å². The van der Waals surface area contributed by atoms with E-state index in [1.807, 2.05) is 30.3 Å². The Morgan fingerprint density at radius 3 is 2.16 bits per heavy atom. The summed E-state index contributed by atoms with van der Waals surface area (Å²) in [6.07, 6.45) is 2.12. The Morgan fingerprint density at radius 1 is 0.946 bits per heavy atom. The molecule has 0 radical (unpaired) electrons. The number of anilines is 1. The quantitative estimate of drug-likeness (QED) is 0.304. The predicted molar refractivity (Wildman–Crippen MR) is 140 cm³/mol. The molecule has 0 aliphatic rings. The van der Waals surface area contributed by atoms with Gasteiger partial charge in [0.1, 0.15) is 0 Å². The minimum atomic E-state index is -2.33. The van der Waals surface area contributed by atoms with Crippen LogP contribution in [-0.2, 0) is 20.8 Å². The molecule has 1 aromatic heterocycles. The number of carboxylic acids is 2.